The highest BCUT2D eigenvalue weighted by atomic mass is 35.5. The Balaban J connectivity index is 1.60. The van der Waals surface area contributed by atoms with Gasteiger partial charge in [-0.25, -0.2) is 10.8 Å². The summed E-state index contributed by atoms with van der Waals surface area (Å²) < 4.78 is 3.31. The maximum atomic E-state index is 13.7. The van der Waals surface area contributed by atoms with Crippen molar-refractivity contribution in [3.63, 3.8) is 0 Å². The third-order valence-electron chi connectivity index (χ3n) is 7.24. The Kier molecular flexibility index (Phi) is 7.91. The van der Waals surface area contributed by atoms with Crippen molar-refractivity contribution < 1.29 is 4.79 Å². The van der Waals surface area contributed by atoms with Crippen molar-refractivity contribution in [2.75, 3.05) is 12.4 Å². The van der Waals surface area contributed by atoms with Crippen molar-refractivity contribution in [1.29, 1.82) is 0 Å². The second-order valence-electron chi connectivity index (χ2n) is 10.3. The van der Waals surface area contributed by atoms with E-state index >= 15 is 0 Å². The van der Waals surface area contributed by atoms with Crippen molar-refractivity contribution in [3.8, 4) is 22.5 Å². The summed E-state index contributed by atoms with van der Waals surface area (Å²) in [5.41, 5.74) is 11.1. The second-order valence-corrected chi connectivity index (χ2v) is 10.7. The van der Waals surface area contributed by atoms with Gasteiger partial charge in [-0.15, -0.1) is 0 Å². The van der Waals surface area contributed by atoms with Gasteiger partial charge in [0.15, 0.2) is 0 Å². The summed E-state index contributed by atoms with van der Waals surface area (Å²) in [6.07, 6.45) is 8.40. The number of pyridine rings is 1. The van der Waals surface area contributed by atoms with Crippen LogP contribution in [0.3, 0.4) is 0 Å². The standard InChI is InChI=1S/C29H32ClN9O2/c1-17-5-4-6-26(24-11-18(9-10-33-24)28-25(36-29(17)41)14-35-38(28)3)39-16-34-23(13-27(39)40)21-12-19(30)7-8-20(21)22(31)15-37(2)32/h7-17,26H,4-6,31-32H2,1-3H3,(H,36,41)/b22-15-. The number of nitrogens with one attached hydrogen (secondary N) is 1. The Labute approximate surface area is 242 Å². The Hall–Kier alpha value is -4.48. The van der Waals surface area contributed by atoms with E-state index in [2.05, 4.69) is 20.4 Å². The molecule has 0 spiro atoms. The topological polar surface area (TPSA) is 150 Å². The maximum absolute atomic E-state index is 13.7. The van der Waals surface area contributed by atoms with E-state index in [1.165, 1.54) is 17.4 Å². The maximum Gasteiger partial charge on any atom is 0.254 e. The fourth-order valence-corrected chi connectivity index (χ4v) is 5.32. The average Bonchev–Trinajstić information content (AvgIpc) is 3.29. The van der Waals surface area contributed by atoms with Crippen LogP contribution in [-0.4, -0.2) is 42.3 Å². The van der Waals surface area contributed by atoms with Crippen LogP contribution in [-0.2, 0) is 11.8 Å². The number of benzene rings is 1. The van der Waals surface area contributed by atoms with Crippen molar-refractivity contribution in [2.45, 2.75) is 32.2 Å². The third-order valence-corrected chi connectivity index (χ3v) is 7.47. The Morgan fingerprint density at radius 2 is 1.98 bits per heavy atom. The third kappa shape index (κ3) is 5.86. The molecule has 0 saturated carbocycles. The number of amides is 1. The molecule has 1 aromatic carbocycles. The summed E-state index contributed by atoms with van der Waals surface area (Å²) >= 11 is 6.31. The van der Waals surface area contributed by atoms with Crippen LogP contribution in [0.4, 0.5) is 5.69 Å². The second kappa shape index (κ2) is 11.6. The summed E-state index contributed by atoms with van der Waals surface area (Å²) in [5, 5.41) is 9.21. The first-order valence-corrected chi connectivity index (χ1v) is 13.6. The molecule has 0 saturated heterocycles. The van der Waals surface area contributed by atoms with Crippen LogP contribution in [0.2, 0.25) is 5.02 Å². The smallest absolute Gasteiger partial charge is 0.254 e. The largest absolute Gasteiger partial charge is 0.397 e. The summed E-state index contributed by atoms with van der Waals surface area (Å²) in [4.78, 5) is 35.9. The number of halogens is 1. The number of hydrazine groups is 1. The number of aromatic nitrogens is 5. The number of aryl methyl sites for hydroxylation is 1. The van der Waals surface area contributed by atoms with Crippen LogP contribution in [0, 0.1) is 5.92 Å². The minimum Gasteiger partial charge on any atom is -0.397 e. The molecule has 41 heavy (non-hydrogen) atoms. The van der Waals surface area contributed by atoms with Gasteiger partial charge in [-0.2, -0.15) is 5.10 Å². The Bertz CT molecular complexity index is 1690. The number of carbonyl (C=O) groups is 1. The molecule has 0 radical (unpaired) electrons. The molecule has 2 unspecified atom stereocenters. The molecule has 212 valence electrons. The summed E-state index contributed by atoms with van der Waals surface area (Å²) in [7, 11) is 3.48. The van der Waals surface area contributed by atoms with Crippen molar-refractivity contribution in [2.24, 2.45) is 24.5 Å². The van der Waals surface area contributed by atoms with Crippen LogP contribution >= 0.6 is 11.6 Å². The van der Waals surface area contributed by atoms with E-state index in [-0.39, 0.29) is 17.4 Å². The minimum atomic E-state index is -0.398. The average molecular weight is 574 g/mol. The SMILES string of the molecule is CC1CCCC(n2cnc(-c3cc(Cl)ccc3/C(N)=C/N(C)N)cc2=O)c2cc(ccn2)-c2c(cnn2C)NC1=O. The number of hydrogen-bond acceptors (Lipinski definition) is 8. The molecule has 5 rings (SSSR count). The predicted octanol–water partition coefficient (Wildman–Crippen LogP) is 3.77. The zero-order valence-electron chi connectivity index (χ0n) is 23.1. The normalized spacial score (nSPS) is 17.7. The number of hydrogen-bond donors (Lipinski definition) is 3. The zero-order valence-corrected chi connectivity index (χ0v) is 23.8. The van der Waals surface area contributed by atoms with Gasteiger partial charge in [-0.3, -0.25) is 23.8 Å². The molecule has 3 aromatic heterocycles. The number of rotatable bonds is 4. The van der Waals surface area contributed by atoms with Crippen LogP contribution < -0.4 is 22.5 Å². The van der Waals surface area contributed by atoms with E-state index in [0.29, 0.717) is 58.2 Å². The molecule has 12 heteroatoms. The first-order valence-electron chi connectivity index (χ1n) is 13.2. The van der Waals surface area contributed by atoms with Crippen LogP contribution in [0.1, 0.15) is 43.5 Å². The zero-order chi connectivity index (χ0) is 29.3. The van der Waals surface area contributed by atoms with Gasteiger partial charge in [0.2, 0.25) is 5.91 Å². The molecule has 2 bridgehead atoms. The molecule has 2 atom stereocenters. The first-order chi connectivity index (χ1) is 19.6. The van der Waals surface area contributed by atoms with Gasteiger partial charge in [-0.1, -0.05) is 31.0 Å². The van der Waals surface area contributed by atoms with Gasteiger partial charge >= 0.3 is 0 Å². The van der Waals surface area contributed by atoms with Gasteiger partial charge < -0.3 is 16.1 Å². The van der Waals surface area contributed by atoms with Crippen LogP contribution in [0.5, 0.6) is 0 Å². The van der Waals surface area contributed by atoms with Crippen molar-refractivity contribution >= 4 is 28.9 Å². The highest BCUT2D eigenvalue weighted by molar-refractivity contribution is 6.31. The highest BCUT2D eigenvalue weighted by Gasteiger charge is 2.24. The van der Waals surface area contributed by atoms with Gasteiger partial charge in [0.25, 0.3) is 5.56 Å². The number of nitrogens with two attached hydrogens (primary N) is 2. The fourth-order valence-electron chi connectivity index (χ4n) is 5.14. The molecule has 1 aliphatic heterocycles. The van der Waals surface area contributed by atoms with Crippen molar-refractivity contribution in [1.82, 2.24) is 29.3 Å². The molecule has 4 heterocycles. The monoisotopic (exact) mass is 573 g/mol. The number of nitrogens with zero attached hydrogens (tertiary/aromatic N) is 6. The number of fused-ring (bicyclic) bond motifs is 4. The van der Waals surface area contributed by atoms with E-state index in [1.807, 2.05) is 26.1 Å². The van der Waals surface area contributed by atoms with Gasteiger partial charge in [0.1, 0.15) is 0 Å². The quantitative estimate of drug-likeness (QED) is 0.247. The molecular formula is C29H32ClN9O2. The van der Waals surface area contributed by atoms with Crippen molar-refractivity contribution in [3.05, 3.63) is 88.0 Å². The molecular weight excluding hydrogens is 542 g/mol. The van der Waals surface area contributed by atoms with Crippen LogP contribution in [0.25, 0.3) is 28.2 Å². The summed E-state index contributed by atoms with van der Waals surface area (Å²) in [6, 6.07) is 10.1. The summed E-state index contributed by atoms with van der Waals surface area (Å²) in [6.45, 7) is 1.90. The Morgan fingerprint density at radius 3 is 2.73 bits per heavy atom. The fraction of sp³-hybridized carbons (Fsp3) is 0.276. The molecule has 4 aromatic rings. The lowest BCUT2D eigenvalue weighted by Gasteiger charge is -2.22. The van der Waals surface area contributed by atoms with E-state index in [0.717, 1.165) is 11.3 Å². The lowest BCUT2D eigenvalue weighted by molar-refractivity contribution is -0.119. The van der Waals surface area contributed by atoms with E-state index in [1.54, 1.807) is 53.1 Å². The van der Waals surface area contributed by atoms with E-state index in [4.69, 9.17) is 23.2 Å². The van der Waals surface area contributed by atoms with Gasteiger partial charge in [0.05, 0.1) is 47.0 Å². The predicted molar refractivity (Wildman–Crippen MR) is 159 cm³/mol. The van der Waals surface area contributed by atoms with Gasteiger partial charge in [0, 0.05) is 60.2 Å². The lowest BCUT2D eigenvalue weighted by Crippen LogP contribution is -2.27. The first kappa shape index (κ1) is 28.1. The highest BCUT2D eigenvalue weighted by Crippen LogP contribution is 2.33. The summed E-state index contributed by atoms with van der Waals surface area (Å²) in [5.74, 6) is 5.47. The Morgan fingerprint density at radius 1 is 1.17 bits per heavy atom. The molecule has 0 aliphatic carbocycles. The molecule has 0 fully saturated rings. The molecule has 11 nitrogen and oxygen atoms in total. The van der Waals surface area contributed by atoms with E-state index in [9.17, 15) is 9.59 Å². The number of anilines is 1. The minimum absolute atomic E-state index is 0.0692. The molecule has 5 N–H and O–H groups in total. The lowest BCUT2D eigenvalue weighted by atomic mass is 9.97. The van der Waals surface area contributed by atoms with Gasteiger partial charge in [-0.05, 0) is 37.1 Å². The number of carbonyl (C=O) groups excluding carboxylic acids is 1. The molecule has 1 aliphatic rings. The van der Waals surface area contributed by atoms with E-state index < -0.39 is 6.04 Å². The van der Waals surface area contributed by atoms with Crippen LogP contribution in [0.15, 0.2) is 66.1 Å². The molecule has 1 amide bonds.